The van der Waals surface area contributed by atoms with Gasteiger partial charge in [0, 0.05) is 12.2 Å². The Bertz CT molecular complexity index is 561. The minimum atomic E-state index is -4.19. The molecule has 1 aliphatic rings. The number of nitrogens with zero attached hydrogens (tertiary/aromatic N) is 2. The largest absolute Gasteiger partial charge is 0.401 e. The van der Waals surface area contributed by atoms with Crippen LogP contribution in [0.3, 0.4) is 0 Å². The molecule has 136 valence electrons. The molecule has 0 atom stereocenters. The Kier molecular flexibility index (Phi) is 8.28. The maximum atomic E-state index is 12.2. The van der Waals surface area contributed by atoms with Crippen LogP contribution in [-0.2, 0) is 12.8 Å². The second kappa shape index (κ2) is 9.45. The summed E-state index contributed by atoms with van der Waals surface area (Å²) in [5.41, 5.74) is 9.40. The van der Waals surface area contributed by atoms with Crippen LogP contribution in [0.15, 0.2) is 23.2 Å². The van der Waals surface area contributed by atoms with E-state index in [-0.39, 0.29) is 43.0 Å². The van der Waals surface area contributed by atoms with Crippen LogP contribution < -0.4 is 11.1 Å². The Labute approximate surface area is 157 Å². The summed E-state index contributed by atoms with van der Waals surface area (Å²) in [6, 6.07) is 6.07. The van der Waals surface area contributed by atoms with Gasteiger partial charge in [0.25, 0.3) is 0 Å². The first-order valence-electron chi connectivity index (χ1n) is 7.78. The molecule has 0 radical (unpaired) electrons. The van der Waals surface area contributed by atoms with E-state index < -0.39 is 12.7 Å². The van der Waals surface area contributed by atoms with Gasteiger partial charge in [-0.05, 0) is 49.9 Å². The molecule has 0 saturated heterocycles. The molecule has 0 heterocycles. The second-order valence-electron chi connectivity index (χ2n) is 5.90. The number of alkyl halides is 3. The standard InChI is InChI=1S/C16H23F3N4.HI/c1-23(11-16(17,18)19)10-9-21-15(20)22-14-8-4-6-12-5-2-3-7-13(12)14;/h4,6,8H,2-3,5,7,9-11H2,1H3,(H3,20,21,22);1H. The third-order valence-corrected chi connectivity index (χ3v) is 3.87. The number of halogens is 4. The topological polar surface area (TPSA) is 53.6 Å². The van der Waals surface area contributed by atoms with Crippen molar-refractivity contribution in [1.82, 2.24) is 4.90 Å². The number of rotatable bonds is 5. The molecule has 3 N–H and O–H groups in total. The van der Waals surface area contributed by atoms with E-state index in [1.54, 1.807) is 0 Å². The lowest BCUT2D eigenvalue weighted by Gasteiger charge is -2.20. The highest BCUT2D eigenvalue weighted by Gasteiger charge is 2.28. The quantitative estimate of drug-likeness (QED) is 0.406. The van der Waals surface area contributed by atoms with E-state index in [0.29, 0.717) is 0 Å². The predicted molar refractivity (Wildman–Crippen MR) is 102 cm³/mol. The summed E-state index contributed by atoms with van der Waals surface area (Å²) in [6.07, 6.45) is 0.256. The fraction of sp³-hybridized carbons (Fsp3) is 0.562. The number of hydrogen-bond acceptors (Lipinski definition) is 2. The van der Waals surface area contributed by atoms with Crippen molar-refractivity contribution >= 4 is 35.6 Å². The molecule has 0 fully saturated rings. The summed E-state index contributed by atoms with van der Waals surface area (Å²) in [4.78, 5) is 5.29. The van der Waals surface area contributed by atoms with Gasteiger partial charge in [-0.25, -0.2) is 0 Å². The van der Waals surface area contributed by atoms with Gasteiger partial charge in [-0.3, -0.25) is 9.89 Å². The van der Waals surface area contributed by atoms with Crippen molar-refractivity contribution in [2.24, 2.45) is 10.7 Å². The average molecular weight is 456 g/mol. The van der Waals surface area contributed by atoms with Crippen LogP contribution in [0, 0.1) is 0 Å². The lowest BCUT2D eigenvalue weighted by atomic mass is 9.90. The van der Waals surface area contributed by atoms with Crippen molar-refractivity contribution in [3.05, 3.63) is 29.3 Å². The number of nitrogens with one attached hydrogen (secondary N) is 1. The number of hydrogen-bond donors (Lipinski definition) is 2. The Morgan fingerprint density at radius 2 is 2.00 bits per heavy atom. The minimum absolute atomic E-state index is 0. The van der Waals surface area contributed by atoms with E-state index in [1.807, 2.05) is 12.1 Å². The van der Waals surface area contributed by atoms with Crippen molar-refractivity contribution in [3.63, 3.8) is 0 Å². The monoisotopic (exact) mass is 456 g/mol. The van der Waals surface area contributed by atoms with Crippen LogP contribution in [0.5, 0.6) is 0 Å². The molecule has 0 unspecified atom stereocenters. The van der Waals surface area contributed by atoms with Gasteiger partial charge in [-0.15, -0.1) is 24.0 Å². The maximum Gasteiger partial charge on any atom is 0.401 e. The van der Waals surface area contributed by atoms with E-state index in [0.717, 1.165) is 24.9 Å². The van der Waals surface area contributed by atoms with Crippen molar-refractivity contribution in [1.29, 1.82) is 0 Å². The molecule has 1 aromatic rings. The van der Waals surface area contributed by atoms with E-state index in [9.17, 15) is 13.2 Å². The molecule has 0 aromatic heterocycles. The first-order chi connectivity index (χ1) is 10.8. The van der Waals surface area contributed by atoms with Crippen LogP contribution in [0.4, 0.5) is 18.9 Å². The van der Waals surface area contributed by atoms with Crippen molar-refractivity contribution in [2.75, 3.05) is 32.0 Å². The molecular weight excluding hydrogens is 432 g/mol. The van der Waals surface area contributed by atoms with Crippen LogP contribution in [0.25, 0.3) is 0 Å². The van der Waals surface area contributed by atoms with Gasteiger partial charge in [0.05, 0.1) is 13.1 Å². The Morgan fingerprint density at radius 3 is 2.71 bits per heavy atom. The maximum absolute atomic E-state index is 12.2. The van der Waals surface area contributed by atoms with Crippen molar-refractivity contribution < 1.29 is 13.2 Å². The van der Waals surface area contributed by atoms with Gasteiger partial charge in [0.2, 0.25) is 0 Å². The molecular formula is C16H24F3IN4. The summed E-state index contributed by atoms with van der Waals surface area (Å²) >= 11 is 0. The van der Waals surface area contributed by atoms with E-state index in [2.05, 4.69) is 16.4 Å². The van der Waals surface area contributed by atoms with Gasteiger partial charge in [0.15, 0.2) is 5.96 Å². The zero-order valence-electron chi connectivity index (χ0n) is 13.7. The third kappa shape index (κ3) is 6.84. The SMILES string of the molecule is CN(CCN=C(N)Nc1cccc2c1CCCC2)CC(F)(F)F.I. The smallest absolute Gasteiger partial charge is 0.370 e. The molecule has 0 bridgehead atoms. The Hall–Kier alpha value is -1.03. The first-order valence-corrected chi connectivity index (χ1v) is 7.78. The molecule has 0 aliphatic heterocycles. The lowest BCUT2D eigenvalue weighted by molar-refractivity contribution is -0.142. The van der Waals surface area contributed by atoms with Crippen molar-refractivity contribution in [3.8, 4) is 0 Å². The van der Waals surface area contributed by atoms with Crippen molar-refractivity contribution in [2.45, 2.75) is 31.9 Å². The van der Waals surface area contributed by atoms with Gasteiger partial charge in [-0.2, -0.15) is 13.2 Å². The van der Waals surface area contributed by atoms with Gasteiger partial charge in [-0.1, -0.05) is 12.1 Å². The number of benzene rings is 1. The summed E-state index contributed by atoms with van der Waals surface area (Å²) < 4.78 is 36.7. The molecule has 1 aliphatic carbocycles. The minimum Gasteiger partial charge on any atom is -0.370 e. The number of anilines is 1. The molecule has 1 aromatic carbocycles. The summed E-state index contributed by atoms with van der Waals surface area (Å²) in [6.45, 7) is -0.517. The van der Waals surface area contributed by atoms with E-state index in [4.69, 9.17) is 5.73 Å². The highest BCUT2D eigenvalue weighted by atomic mass is 127. The predicted octanol–water partition coefficient (Wildman–Crippen LogP) is 3.40. The zero-order chi connectivity index (χ0) is 16.9. The molecule has 0 amide bonds. The lowest BCUT2D eigenvalue weighted by Crippen LogP contribution is -2.33. The molecule has 0 saturated carbocycles. The fourth-order valence-electron chi connectivity index (χ4n) is 2.80. The average Bonchev–Trinajstić information content (AvgIpc) is 2.45. The van der Waals surface area contributed by atoms with Gasteiger partial charge < -0.3 is 11.1 Å². The van der Waals surface area contributed by atoms with E-state index >= 15 is 0 Å². The summed E-state index contributed by atoms with van der Waals surface area (Å²) in [5.74, 6) is 0.240. The molecule has 8 heteroatoms. The number of aliphatic imine (C=N–C) groups is 1. The zero-order valence-corrected chi connectivity index (χ0v) is 16.0. The molecule has 0 spiro atoms. The molecule has 4 nitrogen and oxygen atoms in total. The highest BCUT2D eigenvalue weighted by molar-refractivity contribution is 14.0. The second-order valence-corrected chi connectivity index (χ2v) is 5.90. The highest BCUT2D eigenvalue weighted by Crippen LogP contribution is 2.27. The third-order valence-electron chi connectivity index (χ3n) is 3.87. The number of guanidine groups is 1. The summed E-state index contributed by atoms with van der Waals surface area (Å²) in [5, 5.41) is 3.08. The Morgan fingerprint density at radius 1 is 1.29 bits per heavy atom. The fourth-order valence-corrected chi connectivity index (χ4v) is 2.80. The van der Waals surface area contributed by atoms with Crippen LogP contribution in [0.1, 0.15) is 24.0 Å². The van der Waals surface area contributed by atoms with Crippen LogP contribution in [0.2, 0.25) is 0 Å². The number of fused-ring (bicyclic) bond motifs is 1. The molecule has 24 heavy (non-hydrogen) atoms. The summed E-state index contributed by atoms with van der Waals surface area (Å²) in [7, 11) is 1.42. The van der Waals surface area contributed by atoms with Gasteiger partial charge in [0.1, 0.15) is 0 Å². The van der Waals surface area contributed by atoms with Crippen LogP contribution >= 0.6 is 24.0 Å². The van der Waals surface area contributed by atoms with Gasteiger partial charge >= 0.3 is 6.18 Å². The Balaban J connectivity index is 0.00000288. The van der Waals surface area contributed by atoms with E-state index in [1.165, 1.54) is 29.5 Å². The van der Waals surface area contributed by atoms with Crippen LogP contribution in [-0.4, -0.2) is 43.7 Å². The number of nitrogens with two attached hydrogens (primary N) is 1. The normalized spacial score (nSPS) is 15.0. The number of aryl methyl sites for hydroxylation is 1. The number of likely N-dealkylation sites (N-methyl/N-ethyl adjacent to an activating group) is 1. The molecule has 2 rings (SSSR count). The first kappa shape index (κ1) is 21.0.